The number of halogens is 1. The molecule has 0 amide bonds. The minimum Gasteiger partial charge on any atom is -0.370 e. The van der Waals surface area contributed by atoms with E-state index in [1.54, 1.807) is 0 Å². The van der Waals surface area contributed by atoms with Crippen LogP contribution < -0.4 is 0 Å². The van der Waals surface area contributed by atoms with E-state index in [9.17, 15) is 0 Å². The lowest BCUT2D eigenvalue weighted by atomic mass is 9.60. The fourth-order valence-corrected chi connectivity index (χ4v) is 5.33. The SMILES string of the molecule is CC1CCC(C(C)(C)C2CCC3OC3C2)CC1I. The molecule has 6 atom stereocenters. The lowest BCUT2D eigenvalue weighted by molar-refractivity contribution is 0.0578. The van der Waals surface area contributed by atoms with Crippen molar-refractivity contribution in [1.82, 2.24) is 0 Å². The summed E-state index contributed by atoms with van der Waals surface area (Å²) in [6.45, 7) is 7.53. The number of hydrogen-bond acceptors (Lipinski definition) is 1. The second kappa shape index (κ2) is 4.91. The van der Waals surface area contributed by atoms with Gasteiger partial charge in [-0.05, 0) is 61.7 Å². The molecule has 3 aliphatic rings. The molecule has 3 rings (SSSR count). The molecular weight excluding hydrogens is 335 g/mol. The van der Waals surface area contributed by atoms with Crippen LogP contribution >= 0.6 is 22.6 Å². The zero-order valence-corrected chi connectivity index (χ0v) is 14.2. The molecule has 2 heteroatoms. The van der Waals surface area contributed by atoms with Crippen LogP contribution in [0.3, 0.4) is 0 Å². The van der Waals surface area contributed by atoms with Gasteiger partial charge in [-0.1, -0.05) is 43.4 Å². The Morgan fingerprint density at radius 3 is 2.28 bits per heavy atom. The van der Waals surface area contributed by atoms with Crippen molar-refractivity contribution in [3.05, 3.63) is 0 Å². The summed E-state index contributed by atoms with van der Waals surface area (Å²) in [7, 11) is 0. The van der Waals surface area contributed by atoms with Gasteiger partial charge in [0.1, 0.15) is 0 Å². The van der Waals surface area contributed by atoms with Gasteiger partial charge in [0.15, 0.2) is 0 Å². The first-order valence-electron chi connectivity index (χ1n) is 7.78. The third kappa shape index (κ3) is 2.48. The molecule has 0 aromatic rings. The van der Waals surface area contributed by atoms with Gasteiger partial charge in [-0.25, -0.2) is 0 Å². The van der Waals surface area contributed by atoms with E-state index in [-0.39, 0.29) is 0 Å². The van der Waals surface area contributed by atoms with Crippen molar-refractivity contribution in [3.8, 4) is 0 Å². The molecule has 6 unspecified atom stereocenters. The van der Waals surface area contributed by atoms with Gasteiger partial charge >= 0.3 is 0 Å². The lowest BCUT2D eigenvalue weighted by Crippen LogP contribution is -2.39. The Morgan fingerprint density at radius 1 is 0.944 bits per heavy atom. The number of rotatable bonds is 2. The van der Waals surface area contributed by atoms with E-state index < -0.39 is 0 Å². The molecule has 2 saturated carbocycles. The fourth-order valence-electron chi connectivity index (χ4n) is 4.36. The monoisotopic (exact) mass is 362 g/mol. The zero-order valence-electron chi connectivity index (χ0n) is 12.0. The predicted octanol–water partition coefficient (Wildman–Crippen LogP) is 4.82. The summed E-state index contributed by atoms with van der Waals surface area (Å²) in [5, 5.41) is 0. The molecule has 0 spiro atoms. The van der Waals surface area contributed by atoms with Crippen LogP contribution in [0.5, 0.6) is 0 Å². The number of ether oxygens (including phenoxy) is 1. The quantitative estimate of drug-likeness (QED) is 0.390. The molecule has 1 aliphatic heterocycles. The standard InChI is InChI=1S/C16H27IO/c1-10-4-5-11(8-13(10)17)16(2,3)12-6-7-14-15(9-12)18-14/h10-15H,4-9H2,1-3H3. The van der Waals surface area contributed by atoms with Crippen molar-refractivity contribution in [2.24, 2.45) is 23.2 Å². The number of alkyl halides is 1. The van der Waals surface area contributed by atoms with Gasteiger partial charge in [0.25, 0.3) is 0 Å². The highest BCUT2D eigenvalue weighted by atomic mass is 127. The van der Waals surface area contributed by atoms with Crippen LogP contribution in [0.4, 0.5) is 0 Å². The highest BCUT2D eigenvalue weighted by molar-refractivity contribution is 14.1. The van der Waals surface area contributed by atoms with Crippen LogP contribution in [0.25, 0.3) is 0 Å². The Balaban J connectivity index is 1.65. The molecule has 2 aliphatic carbocycles. The van der Waals surface area contributed by atoms with Crippen molar-refractivity contribution in [2.75, 3.05) is 0 Å². The normalized spacial score (nSPS) is 48.7. The molecule has 3 fully saturated rings. The lowest BCUT2D eigenvalue weighted by Gasteiger charge is -2.46. The molecule has 1 saturated heterocycles. The van der Waals surface area contributed by atoms with Crippen LogP contribution in [0.2, 0.25) is 0 Å². The predicted molar refractivity (Wildman–Crippen MR) is 84.1 cm³/mol. The third-order valence-corrected chi connectivity index (χ3v) is 7.94. The summed E-state index contributed by atoms with van der Waals surface area (Å²) in [5.74, 6) is 2.78. The summed E-state index contributed by atoms with van der Waals surface area (Å²) >= 11 is 2.70. The Hall–Kier alpha value is 0.690. The highest BCUT2D eigenvalue weighted by Crippen LogP contribution is 2.53. The molecule has 0 aromatic carbocycles. The first-order chi connectivity index (χ1) is 8.48. The zero-order chi connectivity index (χ0) is 12.9. The average Bonchev–Trinajstić information content (AvgIpc) is 3.10. The van der Waals surface area contributed by atoms with E-state index in [1.165, 1.54) is 38.5 Å². The summed E-state index contributed by atoms with van der Waals surface area (Å²) in [4.78, 5) is 0. The summed E-state index contributed by atoms with van der Waals surface area (Å²) in [6, 6.07) is 0. The Bertz CT molecular complexity index is 314. The third-order valence-electron chi connectivity index (χ3n) is 6.21. The Morgan fingerprint density at radius 2 is 1.61 bits per heavy atom. The fraction of sp³-hybridized carbons (Fsp3) is 1.00. The Kier molecular flexibility index (Phi) is 3.72. The molecule has 1 heterocycles. The summed E-state index contributed by atoms with van der Waals surface area (Å²) < 4.78 is 6.62. The topological polar surface area (TPSA) is 12.5 Å². The summed E-state index contributed by atoms with van der Waals surface area (Å²) in [5.41, 5.74) is 0.528. The second-order valence-corrected chi connectivity index (χ2v) is 9.15. The number of hydrogen-bond donors (Lipinski definition) is 0. The van der Waals surface area contributed by atoms with E-state index in [1.807, 2.05) is 0 Å². The molecule has 0 bridgehead atoms. The molecule has 1 nitrogen and oxygen atoms in total. The van der Waals surface area contributed by atoms with E-state index in [0.29, 0.717) is 17.6 Å². The smallest absolute Gasteiger partial charge is 0.0844 e. The minimum absolute atomic E-state index is 0.528. The molecule has 18 heavy (non-hydrogen) atoms. The van der Waals surface area contributed by atoms with E-state index in [0.717, 1.165) is 21.7 Å². The van der Waals surface area contributed by atoms with E-state index in [4.69, 9.17) is 4.74 Å². The number of fused-ring (bicyclic) bond motifs is 1. The van der Waals surface area contributed by atoms with Gasteiger partial charge in [-0.15, -0.1) is 0 Å². The number of epoxide rings is 1. The van der Waals surface area contributed by atoms with Crippen LogP contribution in [0.15, 0.2) is 0 Å². The van der Waals surface area contributed by atoms with Crippen LogP contribution in [-0.4, -0.2) is 16.1 Å². The van der Waals surface area contributed by atoms with Gasteiger partial charge in [0.05, 0.1) is 12.2 Å². The van der Waals surface area contributed by atoms with Gasteiger partial charge in [-0.3, -0.25) is 0 Å². The first kappa shape index (κ1) is 13.7. The van der Waals surface area contributed by atoms with Crippen molar-refractivity contribution in [1.29, 1.82) is 0 Å². The van der Waals surface area contributed by atoms with Crippen LogP contribution in [0.1, 0.15) is 59.3 Å². The first-order valence-corrected chi connectivity index (χ1v) is 9.02. The van der Waals surface area contributed by atoms with E-state index in [2.05, 4.69) is 43.4 Å². The molecule has 0 radical (unpaired) electrons. The van der Waals surface area contributed by atoms with Gasteiger partial charge in [0, 0.05) is 3.92 Å². The van der Waals surface area contributed by atoms with Crippen molar-refractivity contribution >= 4 is 22.6 Å². The highest BCUT2D eigenvalue weighted by Gasteiger charge is 2.49. The summed E-state index contributed by atoms with van der Waals surface area (Å²) in [6.07, 6.45) is 9.72. The Labute approximate surface area is 126 Å². The van der Waals surface area contributed by atoms with Crippen molar-refractivity contribution in [3.63, 3.8) is 0 Å². The maximum atomic E-state index is 5.73. The minimum atomic E-state index is 0.528. The molecular formula is C16H27IO. The van der Waals surface area contributed by atoms with E-state index >= 15 is 0 Å². The van der Waals surface area contributed by atoms with Gasteiger partial charge in [-0.2, -0.15) is 0 Å². The van der Waals surface area contributed by atoms with Gasteiger partial charge < -0.3 is 4.74 Å². The van der Waals surface area contributed by atoms with Gasteiger partial charge in [0.2, 0.25) is 0 Å². The van der Waals surface area contributed by atoms with Crippen LogP contribution in [-0.2, 0) is 4.74 Å². The molecule has 104 valence electrons. The molecule has 0 N–H and O–H groups in total. The molecule has 0 aromatic heterocycles. The van der Waals surface area contributed by atoms with Crippen molar-refractivity contribution < 1.29 is 4.74 Å². The largest absolute Gasteiger partial charge is 0.370 e. The van der Waals surface area contributed by atoms with Crippen LogP contribution in [0, 0.1) is 23.2 Å². The van der Waals surface area contributed by atoms with Crippen molar-refractivity contribution in [2.45, 2.75) is 75.4 Å². The maximum Gasteiger partial charge on any atom is 0.0844 e. The second-order valence-electron chi connectivity index (χ2n) is 7.55. The maximum absolute atomic E-state index is 5.73. The average molecular weight is 362 g/mol.